The number of pyridine rings is 2. The van der Waals surface area contributed by atoms with Gasteiger partial charge in [-0.1, -0.05) is 76.9 Å². The number of sulfone groups is 1. The number of halogens is 6. The maximum Gasteiger partial charge on any atom is 0.433 e. The van der Waals surface area contributed by atoms with E-state index in [1.165, 1.54) is 25.5 Å². The first-order valence-electron chi connectivity index (χ1n) is 21.7. The van der Waals surface area contributed by atoms with Gasteiger partial charge in [0.15, 0.2) is 0 Å². The SMILES string of the molecule is CCCCOc1nc(C(F)(F)F)ccc1CCC(=O)C(C)c1ccc(CCS(C)(=O)=O)c(OC)c1.CCCCOc1nc(C(F)(F)F)ccc1CCC(=O)C(C)c1ccc(CN)c(OC)c1. The molecule has 0 aliphatic rings. The van der Waals surface area contributed by atoms with E-state index >= 15 is 0 Å². The van der Waals surface area contributed by atoms with Crippen molar-refractivity contribution in [3.8, 4) is 23.3 Å². The van der Waals surface area contributed by atoms with Crippen LogP contribution in [0.2, 0.25) is 0 Å². The third kappa shape index (κ3) is 17.2. The Morgan fingerprint density at radius 3 is 1.39 bits per heavy atom. The number of aromatic nitrogens is 2. The van der Waals surface area contributed by atoms with Crippen LogP contribution in [0.4, 0.5) is 26.3 Å². The predicted molar refractivity (Wildman–Crippen MR) is 240 cm³/mol. The maximum atomic E-state index is 13.1. The van der Waals surface area contributed by atoms with Crippen molar-refractivity contribution in [2.24, 2.45) is 5.73 Å². The van der Waals surface area contributed by atoms with Crippen LogP contribution < -0.4 is 24.7 Å². The van der Waals surface area contributed by atoms with Gasteiger partial charge in [0.1, 0.15) is 44.3 Å². The van der Waals surface area contributed by atoms with Gasteiger partial charge < -0.3 is 24.7 Å². The molecule has 4 aromatic rings. The van der Waals surface area contributed by atoms with Gasteiger partial charge in [0.2, 0.25) is 11.8 Å². The summed E-state index contributed by atoms with van der Waals surface area (Å²) < 4.78 is 123. The topological polar surface area (TPSA) is 157 Å². The largest absolute Gasteiger partial charge is 0.496 e. The van der Waals surface area contributed by atoms with Crippen molar-refractivity contribution in [1.29, 1.82) is 0 Å². The Labute approximate surface area is 383 Å². The number of hydrogen-bond acceptors (Lipinski definition) is 11. The molecule has 0 radical (unpaired) electrons. The standard InChI is InChI=1S/C25H32F3NO5S.C23H29F3N2O3/c1-5-6-14-34-24-19(10-12-23(29-24)25(26,27)28)9-11-21(30)17(2)20-8-7-18(22(16-20)33-3)13-15-35(4,31)32;1-4-5-12-31-22-16(9-11-21(28-22)23(24,25)26)8-10-19(29)15(2)17-6-7-18(14-27)20(13-17)30-3/h7-8,10,12,16-17H,5-6,9,11,13-15H2,1-4H3;6-7,9,11,13,15H,4-5,8,10,12,14,27H2,1-3H3. The second-order valence-electron chi connectivity index (χ2n) is 15.8. The lowest BCUT2D eigenvalue weighted by atomic mass is 9.92. The molecule has 11 nitrogen and oxygen atoms in total. The van der Waals surface area contributed by atoms with E-state index in [2.05, 4.69) is 9.97 Å². The molecule has 2 N–H and O–H groups in total. The van der Waals surface area contributed by atoms with Gasteiger partial charge in [-0.05, 0) is 73.1 Å². The highest BCUT2D eigenvalue weighted by Crippen LogP contribution is 2.34. The quantitative estimate of drug-likeness (QED) is 0.0527. The fraction of sp³-hybridized carbons (Fsp3) is 0.500. The van der Waals surface area contributed by atoms with E-state index in [1.807, 2.05) is 26.0 Å². The molecule has 0 bridgehead atoms. The first-order chi connectivity index (χ1) is 31.1. The van der Waals surface area contributed by atoms with Crippen molar-refractivity contribution >= 4 is 21.4 Å². The van der Waals surface area contributed by atoms with E-state index < -0.39 is 45.4 Å². The third-order valence-electron chi connectivity index (χ3n) is 10.8. The highest BCUT2D eigenvalue weighted by Gasteiger charge is 2.34. The Bertz CT molecular complexity index is 2320. The monoisotopic (exact) mass is 953 g/mol. The molecule has 0 amide bonds. The number of carbonyl (C=O) groups excluding carboxylic acids is 2. The van der Waals surface area contributed by atoms with Crippen LogP contribution in [0.3, 0.4) is 0 Å². The molecule has 2 atom stereocenters. The molecule has 0 aliphatic carbocycles. The van der Waals surface area contributed by atoms with Gasteiger partial charge in [0, 0.05) is 54.2 Å². The minimum absolute atomic E-state index is 0.0129. The van der Waals surface area contributed by atoms with Crippen LogP contribution in [-0.2, 0) is 57.6 Å². The Hall–Kier alpha value is -5.23. The zero-order chi connectivity index (χ0) is 49.2. The molecule has 0 aliphatic heterocycles. The van der Waals surface area contributed by atoms with Crippen LogP contribution in [0.5, 0.6) is 23.3 Å². The molecule has 18 heteroatoms. The lowest BCUT2D eigenvalue weighted by Gasteiger charge is -2.16. The van der Waals surface area contributed by atoms with Crippen LogP contribution in [0.25, 0.3) is 0 Å². The average molecular weight is 954 g/mol. The Morgan fingerprint density at radius 1 is 0.636 bits per heavy atom. The molecule has 4 rings (SSSR count). The third-order valence-corrected chi connectivity index (χ3v) is 11.7. The summed E-state index contributed by atoms with van der Waals surface area (Å²) in [5, 5.41) is 0. The molecule has 66 heavy (non-hydrogen) atoms. The molecular weight excluding hydrogens is 893 g/mol. The van der Waals surface area contributed by atoms with E-state index in [9.17, 15) is 44.3 Å². The summed E-state index contributed by atoms with van der Waals surface area (Å²) in [6.45, 7) is 8.28. The van der Waals surface area contributed by atoms with E-state index in [1.54, 1.807) is 45.2 Å². The van der Waals surface area contributed by atoms with Crippen molar-refractivity contribution in [1.82, 2.24) is 9.97 Å². The first-order valence-corrected chi connectivity index (χ1v) is 23.8. The normalized spacial score (nSPS) is 12.7. The lowest BCUT2D eigenvalue weighted by Crippen LogP contribution is -2.13. The fourth-order valence-electron chi connectivity index (χ4n) is 6.56. The summed E-state index contributed by atoms with van der Waals surface area (Å²) >= 11 is 0. The maximum absolute atomic E-state index is 13.1. The molecular formula is C48H61F6N3O8S. The zero-order valence-electron chi connectivity index (χ0n) is 38.5. The number of alkyl halides is 6. The summed E-state index contributed by atoms with van der Waals surface area (Å²) in [6.07, 6.45) is -3.95. The summed E-state index contributed by atoms with van der Waals surface area (Å²) in [5.41, 5.74) is 7.66. The van der Waals surface area contributed by atoms with Crippen molar-refractivity contribution in [2.45, 2.75) is 116 Å². The minimum Gasteiger partial charge on any atom is -0.496 e. The molecule has 2 unspecified atom stereocenters. The van der Waals surface area contributed by atoms with Gasteiger partial charge in [-0.25, -0.2) is 18.4 Å². The number of nitrogens with zero attached hydrogens (tertiary/aromatic N) is 2. The second-order valence-corrected chi connectivity index (χ2v) is 18.1. The van der Waals surface area contributed by atoms with E-state index in [-0.39, 0.29) is 68.0 Å². The fourth-order valence-corrected chi connectivity index (χ4v) is 7.15. The van der Waals surface area contributed by atoms with Crippen molar-refractivity contribution in [3.05, 3.63) is 105 Å². The highest BCUT2D eigenvalue weighted by atomic mass is 32.2. The summed E-state index contributed by atoms with van der Waals surface area (Å²) in [6, 6.07) is 15.2. The predicted octanol–water partition coefficient (Wildman–Crippen LogP) is 10.2. The highest BCUT2D eigenvalue weighted by molar-refractivity contribution is 7.90. The molecule has 364 valence electrons. The molecule has 0 saturated carbocycles. The van der Waals surface area contributed by atoms with E-state index in [0.29, 0.717) is 54.0 Å². The second kappa shape index (κ2) is 25.6. The number of Topliss-reactive ketones (excluding diaryl/α,β-unsaturated/α-hetero) is 2. The van der Waals surface area contributed by atoms with Gasteiger partial charge in [-0.3, -0.25) is 9.59 Å². The first kappa shape index (κ1) is 55.1. The Morgan fingerprint density at radius 2 is 1.03 bits per heavy atom. The van der Waals surface area contributed by atoms with E-state index in [4.69, 9.17) is 24.7 Å². The number of carbonyl (C=O) groups is 2. The van der Waals surface area contributed by atoms with E-state index in [0.717, 1.165) is 41.7 Å². The van der Waals surface area contributed by atoms with Crippen LogP contribution >= 0.6 is 0 Å². The van der Waals surface area contributed by atoms with Gasteiger partial charge in [0.05, 0.1) is 33.2 Å². The summed E-state index contributed by atoms with van der Waals surface area (Å²) in [4.78, 5) is 33.0. The zero-order valence-corrected chi connectivity index (χ0v) is 39.4. The number of nitrogens with two attached hydrogens (primary N) is 1. The average Bonchev–Trinajstić information content (AvgIpc) is 3.28. The molecule has 2 aromatic carbocycles. The summed E-state index contributed by atoms with van der Waals surface area (Å²) in [7, 11) is -0.107. The van der Waals surface area contributed by atoms with Gasteiger partial charge >= 0.3 is 12.4 Å². The van der Waals surface area contributed by atoms with Gasteiger partial charge in [0.25, 0.3) is 0 Å². The summed E-state index contributed by atoms with van der Waals surface area (Å²) in [5.74, 6) is -0.0587. The molecule has 2 aromatic heterocycles. The molecule has 2 heterocycles. The van der Waals surface area contributed by atoms with Gasteiger partial charge in [-0.2, -0.15) is 26.3 Å². The molecule has 0 saturated heterocycles. The number of methoxy groups -OCH3 is 2. The number of ketones is 2. The number of benzene rings is 2. The van der Waals surface area contributed by atoms with Crippen LogP contribution in [0.1, 0.15) is 123 Å². The van der Waals surface area contributed by atoms with Crippen LogP contribution in [0, 0.1) is 0 Å². The Kier molecular flexibility index (Phi) is 21.4. The van der Waals surface area contributed by atoms with Crippen LogP contribution in [0.15, 0.2) is 60.7 Å². The lowest BCUT2D eigenvalue weighted by molar-refractivity contribution is -0.142. The van der Waals surface area contributed by atoms with Crippen molar-refractivity contribution in [3.63, 3.8) is 0 Å². The number of rotatable bonds is 24. The number of aryl methyl sites for hydroxylation is 3. The number of ether oxygens (including phenoxy) is 4. The number of hydrogen-bond donors (Lipinski definition) is 1. The number of unbranched alkanes of at least 4 members (excludes halogenated alkanes) is 2. The minimum atomic E-state index is -4.59. The molecule has 0 fully saturated rings. The smallest absolute Gasteiger partial charge is 0.433 e. The molecule has 0 spiro atoms. The van der Waals surface area contributed by atoms with Crippen molar-refractivity contribution in [2.75, 3.05) is 39.4 Å². The Balaban J connectivity index is 0.000000353. The van der Waals surface area contributed by atoms with Crippen molar-refractivity contribution < 1.29 is 63.3 Å². The van der Waals surface area contributed by atoms with Crippen LogP contribution in [-0.4, -0.2) is 69.4 Å². The van der Waals surface area contributed by atoms with Gasteiger partial charge in [-0.15, -0.1) is 0 Å².